The lowest BCUT2D eigenvalue weighted by Gasteiger charge is -2.38. The van der Waals surface area contributed by atoms with Crippen molar-refractivity contribution in [2.24, 2.45) is 23.0 Å². The van der Waals surface area contributed by atoms with Gasteiger partial charge in [0.15, 0.2) is 0 Å². The third-order valence-electron chi connectivity index (χ3n) is 11.4. The van der Waals surface area contributed by atoms with Crippen LogP contribution in [-0.2, 0) is 6.42 Å². The van der Waals surface area contributed by atoms with Crippen molar-refractivity contribution in [3.63, 3.8) is 0 Å². The molecule has 4 rings (SSSR count). The summed E-state index contributed by atoms with van der Waals surface area (Å²) in [7, 11) is 10.8. The zero-order valence-electron chi connectivity index (χ0n) is 43.7. The maximum absolute atomic E-state index is 7.00. The predicted octanol–water partition coefficient (Wildman–Crippen LogP) is 14.2. The molecule has 0 amide bonds. The van der Waals surface area contributed by atoms with Crippen LogP contribution in [0.25, 0.3) is 11.1 Å². The molecule has 1 unspecified atom stereocenters. The van der Waals surface area contributed by atoms with E-state index in [1.807, 2.05) is 55.4 Å². The molecule has 1 aliphatic rings. The van der Waals surface area contributed by atoms with Crippen molar-refractivity contribution in [1.29, 1.82) is 0 Å². The average molecular weight is 925 g/mol. The fourth-order valence-electron chi connectivity index (χ4n) is 8.38. The topological polar surface area (TPSA) is 126 Å². The number of hydrogen-bond acceptors (Lipinski definition) is 8. The summed E-state index contributed by atoms with van der Waals surface area (Å²) in [5.74, 6) is 1.03. The number of thiol groups is 1. The summed E-state index contributed by atoms with van der Waals surface area (Å²) in [4.78, 5) is 4.12. The first-order valence-electron chi connectivity index (χ1n) is 23.8. The first kappa shape index (κ1) is 66.1. The van der Waals surface area contributed by atoms with Gasteiger partial charge >= 0.3 is 0 Å². The molecule has 1 saturated carbocycles. The highest BCUT2D eigenvalue weighted by molar-refractivity contribution is 7.78. The Kier molecular flexibility index (Phi) is 39.0. The van der Waals surface area contributed by atoms with Gasteiger partial charge in [0.05, 0.1) is 12.6 Å². The van der Waals surface area contributed by atoms with Crippen molar-refractivity contribution in [3.8, 4) is 11.1 Å². The predicted molar refractivity (Wildman–Crippen MR) is 301 cm³/mol. The Morgan fingerprint density at radius 1 is 0.894 bits per heavy atom. The van der Waals surface area contributed by atoms with Crippen LogP contribution in [0.5, 0.6) is 0 Å². The summed E-state index contributed by atoms with van der Waals surface area (Å²) in [6, 6.07) is 25.4. The Bertz CT molecular complexity index is 1710. The molecule has 0 saturated heterocycles. The van der Waals surface area contributed by atoms with Gasteiger partial charge in [0.25, 0.3) is 0 Å². The number of rotatable bonds is 21. The summed E-state index contributed by atoms with van der Waals surface area (Å²) in [6.45, 7) is 38.4. The van der Waals surface area contributed by atoms with E-state index in [1.165, 1.54) is 98.4 Å². The maximum Gasteiger partial charge on any atom is 0.101 e. The number of nitrogens with two attached hydrogens (primary N) is 2. The number of allylic oxidation sites excluding steroid dienone is 1. The van der Waals surface area contributed by atoms with E-state index in [4.69, 9.17) is 24.4 Å². The van der Waals surface area contributed by atoms with E-state index in [-0.39, 0.29) is 18.1 Å². The minimum atomic E-state index is -0.387. The summed E-state index contributed by atoms with van der Waals surface area (Å²) in [6.07, 6.45) is 18.5. The van der Waals surface area contributed by atoms with Gasteiger partial charge in [-0.1, -0.05) is 177 Å². The Balaban J connectivity index is -0.000000840. The zero-order chi connectivity index (χ0) is 50.0. The monoisotopic (exact) mass is 925 g/mol. The normalized spacial score (nSPS) is 12.4. The number of hydrogen-bond donors (Lipinski definition) is 6. The number of aryl methyl sites for hydroxylation is 3. The molecule has 0 heterocycles. The standard InChI is InChI=1S/C21H27N.C16H29BN4S.C10H22.C7H8.C2H4.CH4O.H3N/c1-3-4-5-6-7-8-9-18-14-17(2)15-20(16-18)19-10-12-21(22)13-11-19;1-11(10-20(4)13(3)16(17)19-22)21(5)15(12(2)18)14-8-6-7-9-14;1-6-7-10(4,5)8-9(2)3;1-7-5-3-2-4-6-7;2*1-2;/h3,10-16H,1,4-9,22H2,2H3;14-16,19,22H,1-3,6-10,18H2,4-5H3;9H,6-8H2,1-5H3;2-6H,1H3;1-2H2;2H,1H3;1H3/t;15?,16-;;;;;/m.0...../s1. The highest BCUT2D eigenvalue weighted by Crippen LogP contribution is 2.33. The van der Waals surface area contributed by atoms with E-state index in [1.54, 1.807) is 0 Å². The SMILES string of the molecule is C=C.C=CCCCCCCc1cc(C)cc(-c2ccc(N)cc2)c1.CCCC(C)(C)CC(C)C.CO.Cc1ccccc1.N.[B][C@@H](NS)C(=C)N(C)CC(=C)N(C)C(C(=C)N)C1CCCC1. The van der Waals surface area contributed by atoms with Gasteiger partial charge in [0, 0.05) is 49.9 Å². The van der Waals surface area contributed by atoms with Crippen LogP contribution in [0.3, 0.4) is 0 Å². The summed E-state index contributed by atoms with van der Waals surface area (Å²) >= 11 is 3.98. The minimum absolute atomic E-state index is 0. The van der Waals surface area contributed by atoms with Crippen molar-refractivity contribution in [2.75, 3.05) is 33.5 Å². The van der Waals surface area contributed by atoms with Gasteiger partial charge in [-0.2, -0.15) is 0 Å². The second-order valence-corrected chi connectivity index (χ2v) is 18.7. The highest BCUT2D eigenvalue weighted by Gasteiger charge is 2.30. The molecule has 3 aromatic rings. The number of nitrogen functional groups attached to an aromatic ring is 1. The smallest absolute Gasteiger partial charge is 0.101 e. The molecule has 0 spiro atoms. The van der Waals surface area contributed by atoms with Gasteiger partial charge in [-0.05, 0) is 111 Å². The number of benzene rings is 3. The van der Waals surface area contributed by atoms with Crippen molar-refractivity contribution >= 4 is 26.3 Å². The van der Waals surface area contributed by atoms with Crippen molar-refractivity contribution in [2.45, 2.75) is 144 Å². The van der Waals surface area contributed by atoms with Crippen LogP contribution in [0.2, 0.25) is 0 Å². The zero-order valence-corrected chi connectivity index (χ0v) is 44.6. The first-order chi connectivity index (χ1) is 30.8. The average Bonchev–Trinajstić information content (AvgIpc) is 3.80. The molecule has 7 nitrogen and oxygen atoms in total. The van der Waals surface area contributed by atoms with Gasteiger partial charge in [0.1, 0.15) is 7.85 Å². The maximum atomic E-state index is 7.00. The molecule has 9 N–H and O–H groups in total. The van der Waals surface area contributed by atoms with E-state index in [9.17, 15) is 0 Å². The quantitative estimate of drug-likeness (QED) is 0.0207. The Labute approximate surface area is 413 Å². The van der Waals surface area contributed by atoms with Crippen LogP contribution in [0.4, 0.5) is 5.69 Å². The number of nitrogens with one attached hydrogen (secondary N) is 1. The van der Waals surface area contributed by atoms with Crippen LogP contribution in [0.15, 0.2) is 135 Å². The number of aliphatic hydroxyl groups is 1. The van der Waals surface area contributed by atoms with E-state index < -0.39 is 0 Å². The van der Waals surface area contributed by atoms with Crippen molar-refractivity contribution < 1.29 is 5.11 Å². The molecule has 2 radical (unpaired) electrons. The second-order valence-electron chi connectivity index (χ2n) is 18.4. The van der Waals surface area contributed by atoms with Crippen LogP contribution in [0, 0.1) is 31.1 Å². The summed E-state index contributed by atoms with van der Waals surface area (Å²) in [5, 5.41) is 7.00. The molecular weight excluding hydrogens is 828 g/mol. The lowest BCUT2D eigenvalue weighted by Crippen LogP contribution is -2.43. The van der Waals surface area contributed by atoms with Gasteiger partial charge in [-0.15, -0.1) is 19.7 Å². The lowest BCUT2D eigenvalue weighted by molar-refractivity contribution is 0.234. The molecular formula is C57H97BN6OS. The third kappa shape index (κ3) is 29.5. The summed E-state index contributed by atoms with van der Waals surface area (Å²) in [5.41, 5.74) is 22.3. The highest BCUT2D eigenvalue weighted by atomic mass is 32.1. The van der Waals surface area contributed by atoms with Crippen molar-refractivity contribution in [3.05, 3.63) is 152 Å². The molecule has 0 bridgehead atoms. The molecule has 1 fully saturated rings. The van der Waals surface area contributed by atoms with Crippen LogP contribution in [0.1, 0.15) is 128 Å². The van der Waals surface area contributed by atoms with E-state index >= 15 is 0 Å². The number of aliphatic hydroxyl groups excluding tert-OH is 1. The molecule has 66 heavy (non-hydrogen) atoms. The van der Waals surface area contributed by atoms with Crippen molar-refractivity contribution in [1.82, 2.24) is 20.7 Å². The molecule has 2 atom stereocenters. The van der Waals surface area contributed by atoms with Gasteiger partial charge in [-0.3, -0.25) is 4.72 Å². The summed E-state index contributed by atoms with van der Waals surface area (Å²) < 4.78 is 2.69. The number of nitrogens with zero attached hydrogens (tertiary/aromatic N) is 2. The molecule has 9 heteroatoms. The fourth-order valence-corrected chi connectivity index (χ4v) is 8.52. The molecule has 0 aromatic heterocycles. The minimum Gasteiger partial charge on any atom is -0.401 e. The number of unbranched alkanes of at least 4 members (excludes halogenated alkanes) is 4. The van der Waals surface area contributed by atoms with Gasteiger partial charge < -0.3 is 32.5 Å². The van der Waals surface area contributed by atoms with Crippen LogP contribution in [-0.4, -0.2) is 62.5 Å². The lowest BCUT2D eigenvalue weighted by atomic mass is 9.80. The Hall–Kier alpha value is -4.15. The van der Waals surface area contributed by atoms with Crippen LogP contribution >= 0.6 is 12.8 Å². The molecule has 0 aliphatic heterocycles. The molecule has 370 valence electrons. The van der Waals surface area contributed by atoms with E-state index in [0.717, 1.165) is 43.0 Å². The van der Waals surface area contributed by atoms with E-state index in [2.05, 4.69) is 153 Å². The second kappa shape index (κ2) is 38.9. The number of likely N-dealkylation sites (N-methyl/N-ethyl adjacent to an activating group) is 2. The third-order valence-corrected chi connectivity index (χ3v) is 11.7. The Morgan fingerprint density at radius 3 is 1.92 bits per heavy atom. The van der Waals surface area contributed by atoms with E-state index in [0.29, 0.717) is 23.6 Å². The largest absolute Gasteiger partial charge is 0.401 e. The number of anilines is 1. The molecule has 3 aromatic carbocycles. The Morgan fingerprint density at radius 2 is 1.45 bits per heavy atom. The first-order valence-corrected chi connectivity index (χ1v) is 24.2. The molecule has 1 aliphatic carbocycles. The van der Waals surface area contributed by atoms with Crippen LogP contribution < -0.4 is 22.3 Å². The van der Waals surface area contributed by atoms with Gasteiger partial charge in [-0.25, -0.2) is 0 Å². The van der Waals surface area contributed by atoms with Gasteiger partial charge in [0.2, 0.25) is 0 Å². The fraction of sp³-hybridized carbons (Fsp3) is 0.509.